The number of carboxylic acid groups (broad SMARTS) is 1. The number of amides is 2. The average molecular weight is 412 g/mol. The fraction of sp³-hybridized carbons (Fsp3) is 0.200. The van der Waals surface area contributed by atoms with Crippen molar-refractivity contribution < 1.29 is 24.2 Å². The molecule has 1 atom stereocenters. The molecule has 0 bridgehead atoms. The number of ether oxygens (including phenoxy) is 1. The van der Waals surface area contributed by atoms with Gasteiger partial charge in [-0.2, -0.15) is 0 Å². The Morgan fingerprint density at radius 1 is 1.21 bits per heavy atom. The van der Waals surface area contributed by atoms with Crippen LogP contribution in [0.1, 0.15) is 16.8 Å². The van der Waals surface area contributed by atoms with Crippen molar-refractivity contribution >= 4 is 46.1 Å². The van der Waals surface area contributed by atoms with Crippen molar-refractivity contribution in [3.8, 4) is 5.75 Å². The number of amidine groups is 1. The van der Waals surface area contributed by atoms with Gasteiger partial charge in [-0.15, -0.1) is 0 Å². The molecule has 2 aromatic rings. The molecule has 0 aliphatic carbocycles. The number of anilines is 1. The third-order valence-electron chi connectivity index (χ3n) is 4.22. The highest BCUT2D eigenvalue weighted by molar-refractivity contribution is 8.15. The van der Waals surface area contributed by atoms with E-state index in [1.807, 2.05) is 12.1 Å². The predicted molar refractivity (Wildman–Crippen MR) is 108 cm³/mol. The van der Waals surface area contributed by atoms with E-state index in [0.717, 1.165) is 0 Å². The Labute approximate surface area is 171 Å². The van der Waals surface area contributed by atoms with E-state index in [4.69, 9.17) is 4.74 Å². The van der Waals surface area contributed by atoms with Crippen LogP contribution in [0.25, 0.3) is 0 Å². The number of aromatic carboxylic acids is 1. The Bertz CT molecular complexity index is 974. The first-order valence-corrected chi connectivity index (χ1v) is 9.54. The van der Waals surface area contributed by atoms with Gasteiger partial charge in [-0.25, -0.2) is 4.99 Å². The van der Waals surface area contributed by atoms with Crippen LogP contribution >= 0.6 is 11.8 Å². The Hall–Kier alpha value is -3.33. The predicted octanol–water partition coefficient (Wildman–Crippen LogP) is 1.65. The van der Waals surface area contributed by atoms with Gasteiger partial charge in [0, 0.05) is 19.2 Å². The van der Waals surface area contributed by atoms with Gasteiger partial charge >= 0.3 is 0 Å². The molecule has 0 spiro atoms. The van der Waals surface area contributed by atoms with Crippen LogP contribution in [0.5, 0.6) is 5.75 Å². The molecule has 1 fully saturated rings. The van der Waals surface area contributed by atoms with Crippen molar-refractivity contribution in [1.82, 2.24) is 4.90 Å². The SMILES string of the molecule is COc1ccccc1N=C1S[C@@H](CC(=O)Nc2ccc(C(=O)[O-])cc2)C(=O)N1C. The Balaban J connectivity index is 1.67. The van der Waals surface area contributed by atoms with Crippen LogP contribution in [-0.2, 0) is 9.59 Å². The molecule has 2 amide bonds. The summed E-state index contributed by atoms with van der Waals surface area (Å²) in [4.78, 5) is 41.5. The van der Waals surface area contributed by atoms with Crippen molar-refractivity contribution in [2.45, 2.75) is 11.7 Å². The molecule has 1 saturated heterocycles. The third kappa shape index (κ3) is 4.75. The number of carbonyl (C=O) groups excluding carboxylic acids is 3. The summed E-state index contributed by atoms with van der Waals surface area (Å²) in [6.07, 6.45) is -0.0407. The number of hydrogen-bond donors (Lipinski definition) is 1. The van der Waals surface area contributed by atoms with Crippen LogP contribution in [0.15, 0.2) is 53.5 Å². The molecule has 3 rings (SSSR count). The smallest absolute Gasteiger partial charge is 0.242 e. The topological polar surface area (TPSA) is 111 Å². The lowest BCUT2D eigenvalue weighted by molar-refractivity contribution is -0.255. The normalized spacial score (nSPS) is 17.4. The van der Waals surface area contributed by atoms with Gasteiger partial charge in [0.05, 0.1) is 13.1 Å². The quantitative estimate of drug-likeness (QED) is 0.772. The lowest BCUT2D eigenvalue weighted by Crippen LogP contribution is -2.30. The van der Waals surface area contributed by atoms with Crippen LogP contribution in [0.2, 0.25) is 0 Å². The molecular formula is C20H18N3O5S-. The van der Waals surface area contributed by atoms with Crippen molar-refractivity contribution in [1.29, 1.82) is 0 Å². The van der Waals surface area contributed by atoms with Gasteiger partial charge in [0.15, 0.2) is 5.17 Å². The number of thioether (sulfide) groups is 1. The van der Waals surface area contributed by atoms with E-state index in [1.54, 1.807) is 26.3 Å². The maximum atomic E-state index is 12.5. The first kappa shape index (κ1) is 20.4. The van der Waals surface area contributed by atoms with E-state index in [0.29, 0.717) is 22.3 Å². The summed E-state index contributed by atoms with van der Waals surface area (Å²) in [5.74, 6) is -1.28. The zero-order chi connectivity index (χ0) is 21.0. The Morgan fingerprint density at radius 3 is 2.55 bits per heavy atom. The largest absolute Gasteiger partial charge is 0.545 e. The summed E-state index contributed by atoms with van der Waals surface area (Å²) in [6.45, 7) is 0. The van der Waals surface area contributed by atoms with Gasteiger partial charge in [-0.1, -0.05) is 36.0 Å². The molecule has 1 heterocycles. The monoisotopic (exact) mass is 412 g/mol. The number of benzene rings is 2. The van der Waals surface area contributed by atoms with E-state index >= 15 is 0 Å². The highest BCUT2D eigenvalue weighted by Crippen LogP contribution is 2.33. The van der Waals surface area contributed by atoms with Gasteiger partial charge in [-0.3, -0.25) is 14.5 Å². The van der Waals surface area contributed by atoms with E-state index in [-0.39, 0.29) is 23.8 Å². The fourth-order valence-electron chi connectivity index (χ4n) is 2.69. The van der Waals surface area contributed by atoms with E-state index in [1.165, 1.54) is 40.9 Å². The van der Waals surface area contributed by atoms with Crippen LogP contribution < -0.4 is 15.2 Å². The lowest BCUT2D eigenvalue weighted by Gasteiger charge is -2.10. The first-order valence-electron chi connectivity index (χ1n) is 8.66. The second kappa shape index (κ2) is 8.78. The number of carboxylic acids is 1. The Morgan fingerprint density at radius 2 is 1.90 bits per heavy atom. The number of methoxy groups -OCH3 is 1. The summed E-state index contributed by atoms with van der Waals surface area (Å²) in [5, 5.41) is 13.3. The van der Waals surface area contributed by atoms with Gasteiger partial charge in [-0.05, 0) is 29.8 Å². The van der Waals surface area contributed by atoms with Crippen molar-refractivity contribution in [3.05, 3.63) is 54.1 Å². The molecule has 1 N–H and O–H groups in total. The van der Waals surface area contributed by atoms with Gasteiger partial charge in [0.1, 0.15) is 16.7 Å². The summed E-state index contributed by atoms with van der Waals surface area (Å²) < 4.78 is 5.27. The molecule has 0 radical (unpaired) electrons. The Kier molecular flexibility index (Phi) is 6.18. The number of hydrogen-bond acceptors (Lipinski definition) is 7. The summed E-state index contributed by atoms with van der Waals surface area (Å²) >= 11 is 1.21. The molecule has 8 nitrogen and oxygen atoms in total. The fourth-order valence-corrected chi connectivity index (χ4v) is 3.84. The molecule has 9 heteroatoms. The van der Waals surface area contributed by atoms with Crippen LogP contribution in [0, 0.1) is 0 Å². The summed E-state index contributed by atoms with van der Waals surface area (Å²) in [6, 6.07) is 12.8. The maximum Gasteiger partial charge on any atom is 0.242 e. The molecule has 0 unspecified atom stereocenters. The minimum Gasteiger partial charge on any atom is -0.545 e. The minimum atomic E-state index is -1.29. The molecule has 0 saturated carbocycles. The van der Waals surface area contributed by atoms with E-state index in [2.05, 4.69) is 10.3 Å². The first-order chi connectivity index (χ1) is 13.9. The van der Waals surface area contributed by atoms with Crippen molar-refractivity contribution in [3.63, 3.8) is 0 Å². The number of aliphatic imine (C=N–C) groups is 1. The third-order valence-corrected chi connectivity index (χ3v) is 5.45. The second-order valence-electron chi connectivity index (χ2n) is 6.19. The zero-order valence-corrected chi connectivity index (χ0v) is 16.6. The lowest BCUT2D eigenvalue weighted by atomic mass is 10.2. The number of nitrogens with one attached hydrogen (secondary N) is 1. The average Bonchev–Trinajstić information content (AvgIpc) is 2.96. The number of carbonyl (C=O) groups is 3. The zero-order valence-electron chi connectivity index (χ0n) is 15.7. The standard InChI is InChI=1S/C20H19N3O5S/c1-23-18(25)16(29-20(23)22-14-5-3-4-6-15(14)28-2)11-17(24)21-13-9-7-12(8-10-13)19(26)27/h3-10,16H,11H2,1-2H3,(H,21,24)(H,26,27)/p-1/t16-/m0/s1. The number of nitrogens with zero attached hydrogens (tertiary/aromatic N) is 2. The van der Waals surface area contributed by atoms with Crippen LogP contribution in [0.4, 0.5) is 11.4 Å². The molecule has 1 aliphatic rings. The summed E-state index contributed by atoms with van der Waals surface area (Å²) in [7, 11) is 3.16. The number of rotatable bonds is 6. The van der Waals surface area contributed by atoms with Gasteiger partial charge in [0.25, 0.3) is 0 Å². The highest BCUT2D eigenvalue weighted by Gasteiger charge is 2.37. The molecular weight excluding hydrogens is 394 g/mol. The highest BCUT2D eigenvalue weighted by atomic mass is 32.2. The van der Waals surface area contributed by atoms with Crippen LogP contribution in [0.3, 0.4) is 0 Å². The van der Waals surface area contributed by atoms with Crippen LogP contribution in [-0.4, -0.2) is 47.3 Å². The van der Waals surface area contributed by atoms with Gasteiger partial charge in [0.2, 0.25) is 11.8 Å². The van der Waals surface area contributed by atoms with Crippen molar-refractivity contribution in [2.75, 3.05) is 19.5 Å². The van der Waals surface area contributed by atoms with Crippen molar-refractivity contribution in [2.24, 2.45) is 4.99 Å². The van der Waals surface area contributed by atoms with E-state index < -0.39 is 11.2 Å². The van der Waals surface area contributed by atoms with E-state index in [9.17, 15) is 19.5 Å². The summed E-state index contributed by atoms with van der Waals surface area (Å²) in [5.41, 5.74) is 1.05. The molecule has 1 aliphatic heterocycles. The molecule has 29 heavy (non-hydrogen) atoms. The molecule has 2 aromatic carbocycles. The second-order valence-corrected chi connectivity index (χ2v) is 7.36. The van der Waals surface area contributed by atoms with Gasteiger partial charge < -0.3 is 20.0 Å². The molecule has 0 aromatic heterocycles. The number of para-hydroxylation sites is 2. The minimum absolute atomic E-state index is 0.0170. The molecule has 150 valence electrons. The maximum absolute atomic E-state index is 12.5.